The Morgan fingerprint density at radius 3 is 2.26 bits per heavy atom. The second kappa shape index (κ2) is 10.4. The fourth-order valence-corrected chi connectivity index (χ4v) is 2.96. The van der Waals surface area contributed by atoms with Gasteiger partial charge in [0.1, 0.15) is 11.6 Å². The second-order valence-corrected chi connectivity index (χ2v) is 7.26. The largest absolute Gasteiger partial charge is 0.423 e. The van der Waals surface area contributed by atoms with Crippen molar-refractivity contribution in [3.63, 3.8) is 0 Å². The number of carbonyl (C=O) groups is 3. The zero-order chi connectivity index (χ0) is 22.2. The topological polar surface area (TPSA) is 96.9 Å². The van der Waals surface area contributed by atoms with E-state index in [1.807, 2.05) is 12.1 Å². The van der Waals surface area contributed by atoms with Crippen molar-refractivity contribution in [1.82, 2.24) is 5.43 Å². The average Bonchev–Trinajstić information content (AvgIpc) is 2.76. The summed E-state index contributed by atoms with van der Waals surface area (Å²) in [6.45, 7) is 0. The minimum absolute atomic E-state index is 0.279. The monoisotopic (exact) mass is 531 g/mol. The van der Waals surface area contributed by atoms with Gasteiger partial charge in [-0.15, -0.1) is 0 Å². The maximum atomic E-state index is 12.9. The molecule has 3 aromatic carbocycles. The Morgan fingerprint density at radius 2 is 1.58 bits per heavy atom. The molecule has 0 heterocycles. The number of rotatable bonds is 5. The van der Waals surface area contributed by atoms with Crippen molar-refractivity contribution in [2.45, 2.75) is 0 Å². The Kier molecular flexibility index (Phi) is 7.44. The van der Waals surface area contributed by atoms with E-state index in [-0.39, 0.29) is 5.69 Å². The molecule has 31 heavy (non-hydrogen) atoms. The first-order valence-corrected chi connectivity index (χ1v) is 9.97. The quantitative estimate of drug-likeness (QED) is 0.131. The highest BCUT2D eigenvalue weighted by Crippen LogP contribution is 2.17. The van der Waals surface area contributed by atoms with E-state index in [9.17, 15) is 18.8 Å². The van der Waals surface area contributed by atoms with Crippen molar-refractivity contribution in [2.75, 3.05) is 5.32 Å². The molecule has 2 N–H and O–H groups in total. The summed E-state index contributed by atoms with van der Waals surface area (Å²) in [6, 6.07) is 18.5. The van der Waals surface area contributed by atoms with E-state index in [2.05, 4.69) is 38.4 Å². The molecule has 0 saturated heterocycles. The number of carbonyl (C=O) groups excluding carboxylic acids is 3. The normalized spacial score (nSPS) is 10.5. The Labute approximate surface area is 190 Å². The van der Waals surface area contributed by atoms with Gasteiger partial charge in [-0.05, 0) is 88.8 Å². The van der Waals surface area contributed by atoms with Crippen molar-refractivity contribution in [3.05, 3.63) is 93.3 Å². The lowest BCUT2D eigenvalue weighted by atomic mass is 10.2. The lowest BCUT2D eigenvalue weighted by Gasteiger charge is -2.06. The van der Waals surface area contributed by atoms with Gasteiger partial charge < -0.3 is 10.1 Å². The van der Waals surface area contributed by atoms with Crippen molar-refractivity contribution < 1.29 is 23.5 Å². The van der Waals surface area contributed by atoms with Crippen LogP contribution in [0.5, 0.6) is 5.75 Å². The van der Waals surface area contributed by atoms with Gasteiger partial charge in [-0.2, -0.15) is 5.10 Å². The summed E-state index contributed by atoms with van der Waals surface area (Å²) >= 11 is 2.06. The third-order valence-corrected chi connectivity index (χ3v) is 4.81. The molecular weight excluding hydrogens is 516 g/mol. The van der Waals surface area contributed by atoms with Crippen LogP contribution in [0.2, 0.25) is 0 Å². The molecular formula is C22H15FIN3O4. The van der Waals surface area contributed by atoms with Crippen LogP contribution in [0.25, 0.3) is 0 Å². The van der Waals surface area contributed by atoms with E-state index in [1.54, 1.807) is 36.4 Å². The molecule has 0 atom stereocenters. The third kappa shape index (κ3) is 6.44. The fourth-order valence-electron chi connectivity index (χ4n) is 2.35. The van der Waals surface area contributed by atoms with Crippen LogP contribution in [0.15, 0.2) is 77.9 Å². The molecule has 0 aromatic heterocycles. The van der Waals surface area contributed by atoms with Gasteiger partial charge in [0.05, 0.1) is 11.8 Å². The molecule has 3 rings (SSSR count). The number of hydrazone groups is 1. The molecule has 156 valence electrons. The minimum atomic E-state index is -0.983. The summed E-state index contributed by atoms with van der Waals surface area (Å²) < 4.78 is 19.0. The van der Waals surface area contributed by atoms with E-state index in [1.165, 1.54) is 18.3 Å². The molecule has 0 aliphatic rings. The van der Waals surface area contributed by atoms with Crippen molar-refractivity contribution in [2.24, 2.45) is 5.10 Å². The molecule has 7 nitrogen and oxygen atoms in total. The van der Waals surface area contributed by atoms with Crippen LogP contribution in [-0.4, -0.2) is 24.0 Å². The van der Waals surface area contributed by atoms with Gasteiger partial charge in [0.25, 0.3) is 0 Å². The number of nitrogens with zero attached hydrogens (tertiary/aromatic N) is 1. The van der Waals surface area contributed by atoms with E-state index in [4.69, 9.17) is 4.74 Å². The molecule has 0 radical (unpaired) electrons. The molecule has 9 heteroatoms. The van der Waals surface area contributed by atoms with Gasteiger partial charge in [-0.3, -0.25) is 9.59 Å². The van der Waals surface area contributed by atoms with Gasteiger partial charge in [-0.1, -0.05) is 12.1 Å². The molecule has 0 spiro atoms. The van der Waals surface area contributed by atoms with Crippen molar-refractivity contribution >= 4 is 52.3 Å². The predicted octanol–water partition coefficient (Wildman–Crippen LogP) is 3.74. The van der Waals surface area contributed by atoms with Crippen LogP contribution in [0.1, 0.15) is 15.9 Å². The molecule has 0 bridgehead atoms. The van der Waals surface area contributed by atoms with Crippen LogP contribution >= 0.6 is 22.6 Å². The Bertz CT molecular complexity index is 1130. The van der Waals surface area contributed by atoms with E-state index < -0.39 is 23.6 Å². The van der Waals surface area contributed by atoms with E-state index >= 15 is 0 Å². The number of nitrogens with one attached hydrogen (secondary N) is 2. The molecule has 0 aliphatic carbocycles. The molecule has 0 unspecified atom stereocenters. The van der Waals surface area contributed by atoms with Gasteiger partial charge in [0.2, 0.25) is 0 Å². The number of hydrogen-bond acceptors (Lipinski definition) is 5. The second-order valence-electron chi connectivity index (χ2n) is 6.10. The molecule has 0 saturated carbocycles. The number of benzene rings is 3. The fraction of sp³-hybridized carbons (Fsp3) is 0. The average molecular weight is 531 g/mol. The molecule has 0 fully saturated rings. The summed E-state index contributed by atoms with van der Waals surface area (Å²) in [7, 11) is 0. The third-order valence-electron chi connectivity index (χ3n) is 3.87. The maximum Gasteiger partial charge on any atom is 0.344 e. The molecule has 0 aliphatic heterocycles. The number of halogens is 2. The minimum Gasteiger partial charge on any atom is -0.423 e. The van der Waals surface area contributed by atoms with Gasteiger partial charge in [0, 0.05) is 9.26 Å². The first-order valence-electron chi connectivity index (χ1n) is 8.89. The van der Waals surface area contributed by atoms with Crippen LogP contribution in [-0.2, 0) is 9.59 Å². The van der Waals surface area contributed by atoms with Crippen LogP contribution in [0.3, 0.4) is 0 Å². The first kappa shape index (κ1) is 22.1. The molecule has 3 aromatic rings. The first-order chi connectivity index (χ1) is 14.9. The summed E-state index contributed by atoms with van der Waals surface area (Å²) in [6.07, 6.45) is 1.33. The maximum absolute atomic E-state index is 12.9. The number of hydrogen-bond donors (Lipinski definition) is 2. The molecule has 2 amide bonds. The highest BCUT2D eigenvalue weighted by Gasteiger charge is 2.13. The number of ether oxygens (including phenoxy) is 1. The van der Waals surface area contributed by atoms with E-state index in [0.29, 0.717) is 16.9 Å². The summed E-state index contributed by atoms with van der Waals surface area (Å²) in [5, 5.41) is 6.03. The lowest BCUT2D eigenvalue weighted by Crippen LogP contribution is -2.32. The highest BCUT2D eigenvalue weighted by atomic mass is 127. The Hall–Kier alpha value is -3.60. The zero-order valence-electron chi connectivity index (χ0n) is 15.8. The standard InChI is InChI=1S/C22H15FIN3O4/c23-15-7-9-16(10-8-15)26-20(28)21(29)27-25-13-14-5-11-17(12-6-14)31-22(30)18-3-1-2-4-19(18)24/h1-13H,(H,26,28)(H,27,29)/b25-13-. The summed E-state index contributed by atoms with van der Waals surface area (Å²) in [5.74, 6) is -2.50. The van der Waals surface area contributed by atoms with Crippen LogP contribution in [0.4, 0.5) is 10.1 Å². The number of esters is 1. The number of amides is 2. The number of anilines is 1. The Morgan fingerprint density at radius 1 is 0.903 bits per heavy atom. The van der Waals surface area contributed by atoms with Crippen molar-refractivity contribution in [3.8, 4) is 5.75 Å². The van der Waals surface area contributed by atoms with Gasteiger partial charge in [0.15, 0.2) is 0 Å². The highest BCUT2D eigenvalue weighted by molar-refractivity contribution is 14.1. The van der Waals surface area contributed by atoms with E-state index in [0.717, 1.165) is 15.7 Å². The lowest BCUT2D eigenvalue weighted by molar-refractivity contribution is -0.136. The van der Waals surface area contributed by atoms with Gasteiger partial charge >= 0.3 is 17.8 Å². The zero-order valence-corrected chi connectivity index (χ0v) is 18.0. The summed E-state index contributed by atoms with van der Waals surface area (Å²) in [5.41, 5.74) is 3.45. The Balaban J connectivity index is 1.51. The summed E-state index contributed by atoms with van der Waals surface area (Å²) in [4.78, 5) is 35.8. The van der Waals surface area contributed by atoms with Gasteiger partial charge in [-0.25, -0.2) is 14.6 Å². The smallest absolute Gasteiger partial charge is 0.344 e. The van der Waals surface area contributed by atoms with Crippen LogP contribution in [0, 0.1) is 9.39 Å². The van der Waals surface area contributed by atoms with Crippen LogP contribution < -0.4 is 15.5 Å². The predicted molar refractivity (Wildman–Crippen MR) is 121 cm³/mol. The SMILES string of the molecule is O=C(N/N=C\c1ccc(OC(=O)c2ccccc2I)cc1)C(=O)Nc1ccc(F)cc1. The van der Waals surface area contributed by atoms with Crippen molar-refractivity contribution in [1.29, 1.82) is 0 Å².